The van der Waals surface area contributed by atoms with E-state index in [2.05, 4.69) is 4.99 Å². The molecule has 7 heteroatoms. The second kappa shape index (κ2) is 8.84. The van der Waals surface area contributed by atoms with Crippen molar-refractivity contribution in [2.24, 2.45) is 4.99 Å². The van der Waals surface area contributed by atoms with Crippen LogP contribution in [0.3, 0.4) is 0 Å². The Kier molecular flexibility index (Phi) is 6.54. The van der Waals surface area contributed by atoms with Crippen LogP contribution in [0.5, 0.6) is 11.5 Å². The van der Waals surface area contributed by atoms with Gasteiger partial charge in [0.25, 0.3) is 0 Å². The van der Waals surface area contributed by atoms with Crippen LogP contribution in [0.25, 0.3) is 0 Å². The zero-order valence-corrected chi connectivity index (χ0v) is 15.6. The molecule has 1 atom stereocenters. The zero-order chi connectivity index (χ0) is 20.0. The summed E-state index contributed by atoms with van der Waals surface area (Å²) in [6.45, 7) is 3.26. The molecule has 2 aromatic rings. The minimum atomic E-state index is -1.09. The largest absolute Gasteiger partial charge is 0.493 e. The molecule has 0 spiro atoms. The molecule has 27 heavy (non-hydrogen) atoms. The summed E-state index contributed by atoms with van der Waals surface area (Å²) in [5.41, 5.74) is 2.45. The van der Waals surface area contributed by atoms with E-state index in [4.69, 9.17) is 19.3 Å². The first-order valence-electron chi connectivity index (χ1n) is 8.16. The van der Waals surface area contributed by atoms with Gasteiger partial charge in [0, 0.05) is 11.8 Å². The smallest absolute Gasteiger partial charge is 0.344 e. The van der Waals surface area contributed by atoms with Gasteiger partial charge in [0.1, 0.15) is 0 Å². The summed E-state index contributed by atoms with van der Waals surface area (Å²) in [7, 11) is 2.80. The Morgan fingerprint density at radius 2 is 1.93 bits per heavy atom. The van der Waals surface area contributed by atoms with Crippen molar-refractivity contribution in [1.82, 2.24) is 0 Å². The summed E-state index contributed by atoms with van der Waals surface area (Å²) in [4.78, 5) is 27.1. The van der Waals surface area contributed by atoms with Crippen molar-refractivity contribution in [2.45, 2.75) is 20.0 Å². The lowest BCUT2D eigenvalue weighted by atomic mass is 10.1. The van der Waals surface area contributed by atoms with Gasteiger partial charge in [-0.05, 0) is 49.7 Å². The molecule has 1 N–H and O–H groups in total. The van der Waals surface area contributed by atoms with Crippen molar-refractivity contribution in [3.05, 3.63) is 53.1 Å². The number of carboxylic acids is 1. The number of esters is 1. The first-order valence-corrected chi connectivity index (χ1v) is 8.16. The van der Waals surface area contributed by atoms with Gasteiger partial charge in [-0.3, -0.25) is 4.99 Å². The van der Waals surface area contributed by atoms with Gasteiger partial charge in [-0.25, -0.2) is 9.59 Å². The van der Waals surface area contributed by atoms with Gasteiger partial charge >= 0.3 is 11.9 Å². The average molecular weight is 371 g/mol. The molecule has 0 fully saturated rings. The highest BCUT2D eigenvalue weighted by atomic mass is 16.5. The van der Waals surface area contributed by atoms with Gasteiger partial charge in [0.15, 0.2) is 17.6 Å². The molecule has 0 unspecified atom stereocenters. The molecule has 0 amide bonds. The Hall–Kier alpha value is -3.35. The highest BCUT2D eigenvalue weighted by Crippen LogP contribution is 2.31. The number of benzene rings is 2. The number of carbonyl (C=O) groups is 2. The average Bonchev–Trinajstić information content (AvgIpc) is 2.66. The second-order valence-corrected chi connectivity index (χ2v) is 5.73. The van der Waals surface area contributed by atoms with Gasteiger partial charge in [0.05, 0.1) is 25.5 Å². The van der Waals surface area contributed by atoms with Crippen molar-refractivity contribution in [1.29, 1.82) is 0 Å². The highest BCUT2D eigenvalue weighted by Gasteiger charge is 2.18. The Labute approximate surface area is 157 Å². The Balaban J connectivity index is 2.36. The lowest BCUT2D eigenvalue weighted by Crippen LogP contribution is -2.23. The summed E-state index contributed by atoms with van der Waals surface area (Å²) in [5.74, 6) is -0.801. The van der Waals surface area contributed by atoms with Crippen LogP contribution in [0.1, 0.15) is 28.4 Å². The first kappa shape index (κ1) is 20.0. The number of aliphatic imine (C=N–C) groups is 1. The number of methoxy groups -OCH3 is 2. The quantitative estimate of drug-likeness (QED) is 0.592. The maximum atomic E-state index is 11.6. The fourth-order valence-electron chi connectivity index (χ4n) is 2.33. The van der Waals surface area contributed by atoms with Crippen molar-refractivity contribution in [2.75, 3.05) is 14.2 Å². The molecule has 2 aromatic carbocycles. The van der Waals surface area contributed by atoms with E-state index in [0.29, 0.717) is 28.3 Å². The van der Waals surface area contributed by atoms with E-state index in [1.807, 2.05) is 6.92 Å². The molecule has 0 aromatic heterocycles. The standard InChI is InChI=1S/C20H21NO6/c1-12-10-14(20(24)26-4)8-9-16(12)21-11-15-6-5-7-17(25-3)18(15)27-13(2)19(22)23/h5-11,13H,1-4H3,(H,22,23)/t13-/m0/s1. The molecule has 0 saturated heterocycles. The second-order valence-electron chi connectivity index (χ2n) is 5.73. The zero-order valence-electron chi connectivity index (χ0n) is 15.6. The predicted molar refractivity (Wildman–Crippen MR) is 100 cm³/mol. The minimum absolute atomic E-state index is 0.294. The number of aryl methyl sites for hydroxylation is 1. The third-order valence-electron chi connectivity index (χ3n) is 3.83. The van der Waals surface area contributed by atoms with Gasteiger partial charge in [-0.1, -0.05) is 6.07 Å². The number of carboxylic acid groups (broad SMARTS) is 1. The van der Waals surface area contributed by atoms with Crippen LogP contribution in [-0.2, 0) is 9.53 Å². The lowest BCUT2D eigenvalue weighted by Gasteiger charge is -2.15. The fourth-order valence-corrected chi connectivity index (χ4v) is 2.33. The fraction of sp³-hybridized carbons (Fsp3) is 0.250. The Bertz CT molecular complexity index is 875. The third kappa shape index (κ3) is 4.84. The Morgan fingerprint density at radius 1 is 1.19 bits per heavy atom. The van der Waals surface area contributed by atoms with Crippen molar-refractivity contribution in [3.63, 3.8) is 0 Å². The minimum Gasteiger partial charge on any atom is -0.493 e. The molecular weight excluding hydrogens is 350 g/mol. The van der Waals surface area contributed by atoms with Crippen LogP contribution in [0, 0.1) is 6.92 Å². The third-order valence-corrected chi connectivity index (χ3v) is 3.83. The lowest BCUT2D eigenvalue weighted by molar-refractivity contribution is -0.144. The summed E-state index contributed by atoms with van der Waals surface area (Å²) in [6, 6.07) is 10.2. The molecule has 0 radical (unpaired) electrons. The molecule has 142 valence electrons. The number of aliphatic carboxylic acids is 1. The number of hydrogen-bond acceptors (Lipinski definition) is 6. The molecule has 0 bridgehead atoms. The molecule has 7 nitrogen and oxygen atoms in total. The Morgan fingerprint density at radius 3 is 2.52 bits per heavy atom. The molecular formula is C20H21NO6. The van der Waals surface area contributed by atoms with E-state index in [1.54, 1.807) is 42.6 Å². The number of para-hydroxylation sites is 1. The van der Waals surface area contributed by atoms with Crippen molar-refractivity contribution >= 4 is 23.8 Å². The number of carbonyl (C=O) groups excluding carboxylic acids is 1. The molecule has 0 aliphatic rings. The summed E-state index contributed by atoms with van der Waals surface area (Å²) in [6.07, 6.45) is 0.515. The number of hydrogen-bond donors (Lipinski definition) is 1. The topological polar surface area (TPSA) is 94.4 Å². The first-order chi connectivity index (χ1) is 12.9. The molecule has 0 aliphatic carbocycles. The van der Waals surface area contributed by atoms with Gasteiger partial charge in [0.2, 0.25) is 0 Å². The predicted octanol–water partition coefficient (Wildman–Crippen LogP) is 3.39. The number of ether oxygens (including phenoxy) is 3. The summed E-state index contributed by atoms with van der Waals surface area (Å²) in [5, 5.41) is 9.10. The molecule has 0 aliphatic heterocycles. The monoisotopic (exact) mass is 371 g/mol. The molecule has 2 rings (SSSR count). The van der Waals surface area contributed by atoms with Crippen LogP contribution in [-0.4, -0.2) is 43.6 Å². The summed E-state index contributed by atoms with van der Waals surface area (Å²) >= 11 is 0. The summed E-state index contributed by atoms with van der Waals surface area (Å²) < 4.78 is 15.5. The normalized spacial score (nSPS) is 11.9. The van der Waals surface area contributed by atoms with E-state index in [9.17, 15) is 9.59 Å². The van der Waals surface area contributed by atoms with E-state index in [0.717, 1.165) is 5.56 Å². The van der Waals surface area contributed by atoms with Crippen molar-refractivity contribution < 1.29 is 28.9 Å². The maximum Gasteiger partial charge on any atom is 0.344 e. The molecule has 0 heterocycles. The van der Waals surface area contributed by atoms with Crippen molar-refractivity contribution in [3.8, 4) is 11.5 Å². The highest BCUT2D eigenvalue weighted by molar-refractivity contribution is 5.91. The van der Waals surface area contributed by atoms with Crippen LogP contribution in [0.2, 0.25) is 0 Å². The van der Waals surface area contributed by atoms with E-state index < -0.39 is 18.0 Å². The van der Waals surface area contributed by atoms with Crippen LogP contribution in [0.4, 0.5) is 5.69 Å². The number of rotatable bonds is 7. The van der Waals surface area contributed by atoms with E-state index in [-0.39, 0.29) is 0 Å². The van der Waals surface area contributed by atoms with Gasteiger partial charge in [-0.15, -0.1) is 0 Å². The van der Waals surface area contributed by atoms with Gasteiger partial charge in [-0.2, -0.15) is 0 Å². The maximum absolute atomic E-state index is 11.6. The van der Waals surface area contributed by atoms with E-state index >= 15 is 0 Å². The van der Waals surface area contributed by atoms with Crippen LogP contribution in [0.15, 0.2) is 41.4 Å². The van der Waals surface area contributed by atoms with E-state index in [1.165, 1.54) is 21.1 Å². The van der Waals surface area contributed by atoms with Crippen LogP contribution >= 0.6 is 0 Å². The number of nitrogens with zero attached hydrogens (tertiary/aromatic N) is 1. The van der Waals surface area contributed by atoms with Gasteiger partial charge < -0.3 is 19.3 Å². The SMILES string of the molecule is COC(=O)c1ccc(N=Cc2cccc(OC)c2O[C@@H](C)C(=O)O)c(C)c1. The molecule has 0 saturated carbocycles. The van der Waals surface area contributed by atoms with Crippen LogP contribution < -0.4 is 9.47 Å².